The molecule has 6 nitrogen and oxygen atoms in total. The van der Waals surface area contributed by atoms with E-state index in [1.165, 1.54) is 0 Å². The molecule has 0 aliphatic rings. The van der Waals surface area contributed by atoms with Gasteiger partial charge in [0.25, 0.3) is 0 Å². The van der Waals surface area contributed by atoms with Gasteiger partial charge in [0.15, 0.2) is 0 Å². The number of hydrogen-bond donors (Lipinski definition) is 0. The summed E-state index contributed by atoms with van der Waals surface area (Å²) in [5.41, 5.74) is 15.3. The fraction of sp³-hybridized carbons (Fsp3) is 0. The van der Waals surface area contributed by atoms with E-state index >= 15 is 0 Å². The van der Waals surface area contributed by atoms with Crippen LogP contribution in [-0.2, 0) is 0 Å². The first-order valence-electron chi connectivity index (χ1n) is 26.3. The van der Waals surface area contributed by atoms with E-state index in [0.29, 0.717) is 5.75 Å². The third-order valence-corrected chi connectivity index (χ3v) is 14.1. The lowest BCUT2D eigenvalue weighted by Crippen LogP contribution is -2.16. The van der Waals surface area contributed by atoms with Crippen LogP contribution in [0, 0.1) is 0 Å². The number of para-hydroxylation sites is 9. The molecule has 0 amide bonds. The van der Waals surface area contributed by atoms with Crippen LogP contribution in [0.25, 0.3) is 27.5 Å². The summed E-state index contributed by atoms with van der Waals surface area (Å²) in [6.45, 7) is 0. The highest BCUT2D eigenvalue weighted by atomic mass is 16.5. The van der Waals surface area contributed by atoms with E-state index in [2.05, 4.69) is 315 Å². The van der Waals surface area contributed by atoms with Crippen LogP contribution in [0.1, 0.15) is 0 Å². The Morgan fingerprint density at radius 2 is 0.564 bits per heavy atom. The Labute approximate surface area is 455 Å². The molecule has 0 N–H and O–H groups in total. The first-order valence-corrected chi connectivity index (χ1v) is 26.3. The van der Waals surface area contributed by atoms with Crippen LogP contribution in [-0.4, -0.2) is 4.57 Å². The predicted molar refractivity (Wildman–Crippen MR) is 326 cm³/mol. The average molecular weight is 1000 g/mol. The summed E-state index contributed by atoms with van der Waals surface area (Å²) in [5.74, 6) is 1.47. The number of anilines is 12. The zero-order valence-electron chi connectivity index (χ0n) is 42.7. The molecule has 0 unspecified atom stereocenters. The van der Waals surface area contributed by atoms with Crippen molar-refractivity contribution in [2.75, 3.05) is 19.6 Å². The van der Waals surface area contributed by atoms with Gasteiger partial charge >= 0.3 is 0 Å². The highest BCUT2D eigenvalue weighted by molar-refractivity contribution is 6.17. The minimum Gasteiger partial charge on any atom is -0.457 e. The van der Waals surface area contributed by atoms with Crippen molar-refractivity contribution in [3.8, 4) is 17.2 Å². The zero-order valence-corrected chi connectivity index (χ0v) is 42.7. The van der Waals surface area contributed by atoms with Gasteiger partial charge in [-0.2, -0.15) is 0 Å². The number of rotatable bonds is 15. The van der Waals surface area contributed by atoms with Gasteiger partial charge in [0, 0.05) is 62.7 Å². The molecule has 0 saturated carbocycles. The molecule has 372 valence electrons. The van der Waals surface area contributed by atoms with Crippen LogP contribution in [0.5, 0.6) is 11.5 Å². The van der Waals surface area contributed by atoms with Crippen molar-refractivity contribution in [1.82, 2.24) is 4.57 Å². The van der Waals surface area contributed by atoms with Crippen LogP contribution < -0.4 is 24.3 Å². The van der Waals surface area contributed by atoms with E-state index in [1.54, 1.807) is 0 Å². The standard InChI is InChI=1S/C72H53N5O/c1-9-28-54(29-10-1)73(55-30-11-2-12-31-55)61-48-62(74(56-32-13-3-14-33-56)57-34-15-4-16-35-57)50-63(49-61)76(60-40-21-7-22-41-60)70-46-27-47-71-72(70)68-44-25-26-45-69(68)77(71)65-51-64(52-67(53-65)78-66-42-23-8-24-43-66)75(58-36-17-5-18-37-58)59-38-19-6-20-39-59/h1-53H. The number of nitrogens with zero attached hydrogens (tertiary/aromatic N) is 5. The van der Waals surface area contributed by atoms with E-state index in [0.717, 1.165) is 101 Å². The maximum absolute atomic E-state index is 6.81. The van der Waals surface area contributed by atoms with Crippen molar-refractivity contribution in [2.45, 2.75) is 0 Å². The van der Waals surface area contributed by atoms with Gasteiger partial charge in [0.1, 0.15) is 11.5 Å². The van der Waals surface area contributed by atoms with Gasteiger partial charge in [0.2, 0.25) is 0 Å². The van der Waals surface area contributed by atoms with Crippen molar-refractivity contribution < 1.29 is 4.74 Å². The van der Waals surface area contributed by atoms with Crippen LogP contribution in [0.2, 0.25) is 0 Å². The number of aromatic nitrogens is 1. The topological polar surface area (TPSA) is 27.1 Å². The normalized spacial score (nSPS) is 11.1. The Balaban J connectivity index is 1.08. The number of ether oxygens (including phenoxy) is 1. The fourth-order valence-corrected chi connectivity index (χ4v) is 10.7. The molecule has 12 aromatic carbocycles. The van der Waals surface area contributed by atoms with Crippen molar-refractivity contribution in [1.29, 1.82) is 0 Å². The minimum absolute atomic E-state index is 0.714. The molecule has 0 fully saturated rings. The van der Waals surface area contributed by atoms with Crippen LogP contribution in [0.4, 0.5) is 68.2 Å². The second-order valence-corrected chi connectivity index (χ2v) is 19.0. The van der Waals surface area contributed by atoms with Gasteiger partial charge in [-0.05, 0) is 140 Å². The van der Waals surface area contributed by atoms with Gasteiger partial charge in [0.05, 0.1) is 45.2 Å². The van der Waals surface area contributed by atoms with Gasteiger partial charge in [-0.15, -0.1) is 0 Å². The van der Waals surface area contributed by atoms with E-state index < -0.39 is 0 Å². The lowest BCUT2D eigenvalue weighted by Gasteiger charge is -2.33. The Morgan fingerprint density at radius 3 is 0.987 bits per heavy atom. The van der Waals surface area contributed by atoms with Crippen molar-refractivity contribution >= 4 is 90.1 Å². The Hall–Kier alpha value is -10.6. The summed E-state index contributed by atoms with van der Waals surface area (Å²) in [6, 6.07) is 114. The summed E-state index contributed by atoms with van der Waals surface area (Å²) in [7, 11) is 0. The third kappa shape index (κ3) is 9.35. The SMILES string of the molecule is c1ccc(Oc2cc(N(c3ccccc3)c3ccccc3)cc(-n3c4ccccc4c4c(N(c5ccccc5)c5cc(N(c6ccccc6)c6ccccc6)cc(N(c6ccccc6)c6ccccc6)c5)cccc43)c2)cc1. The molecule has 0 atom stereocenters. The molecule has 0 bridgehead atoms. The Morgan fingerprint density at radius 1 is 0.231 bits per heavy atom. The maximum Gasteiger partial charge on any atom is 0.131 e. The molecule has 0 aliphatic heterocycles. The van der Waals surface area contributed by atoms with E-state index in [-0.39, 0.29) is 0 Å². The molecule has 13 aromatic rings. The average Bonchev–Trinajstić information content (AvgIpc) is 4.02. The fourth-order valence-electron chi connectivity index (χ4n) is 10.7. The lowest BCUT2D eigenvalue weighted by molar-refractivity contribution is 0.482. The van der Waals surface area contributed by atoms with E-state index in [9.17, 15) is 0 Å². The zero-order chi connectivity index (χ0) is 52.0. The summed E-state index contributed by atoms with van der Waals surface area (Å²) in [6.07, 6.45) is 0. The molecule has 78 heavy (non-hydrogen) atoms. The van der Waals surface area contributed by atoms with Gasteiger partial charge < -0.3 is 28.9 Å². The van der Waals surface area contributed by atoms with Crippen molar-refractivity contribution in [2.24, 2.45) is 0 Å². The number of benzene rings is 12. The summed E-state index contributed by atoms with van der Waals surface area (Å²) in [5, 5.41) is 2.22. The molecule has 1 aromatic heterocycles. The molecular weight excluding hydrogens is 951 g/mol. The summed E-state index contributed by atoms with van der Waals surface area (Å²) >= 11 is 0. The molecule has 13 rings (SSSR count). The number of fused-ring (bicyclic) bond motifs is 3. The lowest BCUT2D eigenvalue weighted by atomic mass is 10.1. The molecule has 0 saturated heterocycles. The number of hydrogen-bond acceptors (Lipinski definition) is 5. The molecular formula is C72H53N5O. The Bertz CT molecular complexity index is 3890. The largest absolute Gasteiger partial charge is 0.457 e. The van der Waals surface area contributed by atoms with Crippen molar-refractivity contribution in [3.05, 3.63) is 322 Å². The van der Waals surface area contributed by atoms with Crippen LogP contribution in [0.3, 0.4) is 0 Å². The monoisotopic (exact) mass is 1000 g/mol. The highest BCUT2D eigenvalue weighted by Gasteiger charge is 2.26. The van der Waals surface area contributed by atoms with Gasteiger partial charge in [-0.3, -0.25) is 0 Å². The predicted octanol–water partition coefficient (Wildman–Crippen LogP) is 20.5. The third-order valence-electron chi connectivity index (χ3n) is 14.1. The van der Waals surface area contributed by atoms with Crippen molar-refractivity contribution in [3.63, 3.8) is 0 Å². The van der Waals surface area contributed by atoms with E-state index in [4.69, 9.17) is 4.74 Å². The van der Waals surface area contributed by atoms with Crippen LogP contribution >= 0.6 is 0 Å². The molecule has 0 aliphatic carbocycles. The highest BCUT2D eigenvalue weighted by Crippen LogP contribution is 2.49. The molecule has 0 spiro atoms. The molecule has 6 heteroatoms. The molecule has 1 heterocycles. The maximum atomic E-state index is 6.81. The first-order chi connectivity index (χ1) is 38.7. The first kappa shape index (κ1) is 47.2. The summed E-state index contributed by atoms with van der Waals surface area (Å²) in [4.78, 5) is 9.44. The van der Waals surface area contributed by atoms with Gasteiger partial charge in [-0.1, -0.05) is 170 Å². The van der Waals surface area contributed by atoms with Crippen LogP contribution in [0.15, 0.2) is 322 Å². The smallest absolute Gasteiger partial charge is 0.131 e. The van der Waals surface area contributed by atoms with Gasteiger partial charge in [-0.25, -0.2) is 0 Å². The molecule has 0 radical (unpaired) electrons. The summed E-state index contributed by atoms with van der Waals surface area (Å²) < 4.78 is 9.21. The second kappa shape index (κ2) is 21.4. The quantitative estimate of drug-likeness (QED) is 0.102. The Kier molecular flexibility index (Phi) is 12.9. The van der Waals surface area contributed by atoms with E-state index in [1.807, 2.05) is 30.3 Å². The minimum atomic E-state index is 0.714. The second-order valence-electron chi connectivity index (χ2n) is 19.0.